The summed E-state index contributed by atoms with van der Waals surface area (Å²) in [5.41, 5.74) is 3.64. The maximum atomic E-state index is 4.41. The van der Waals surface area contributed by atoms with Gasteiger partial charge in [0.05, 0.1) is 18.4 Å². The summed E-state index contributed by atoms with van der Waals surface area (Å²) in [4.78, 5) is 7.78. The lowest BCUT2D eigenvalue weighted by molar-refractivity contribution is 0.545. The molecule has 0 bridgehead atoms. The van der Waals surface area contributed by atoms with Gasteiger partial charge in [-0.2, -0.15) is 0 Å². The van der Waals surface area contributed by atoms with Crippen LogP contribution in [0, 0.1) is 5.92 Å². The number of aromatic amines is 1. The first-order chi connectivity index (χ1) is 9.19. The lowest BCUT2D eigenvalue weighted by Crippen LogP contribution is -2.19. The van der Waals surface area contributed by atoms with E-state index in [-0.39, 0.29) is 0 Å². The fourth-order valence-corrected chi connectivity index (χ4v) is 2.00. The Balaban J connectivity index is 1.99. The maximum Gasteiger partial charge on any atom is 0.120 e. The standard InChI is InChI=1S/C16H23N3/c1-4-13-5-7-14(8-6-13)15-10-18-16(19-15)11-17-9-12(2)3/h5-8,10,12,17H,4,9,11H2,1-3H3,(H,18,19). The Kier molecular flexibility index (Phi) is 4.74. The lowest BCUT2D eigenvalue weighted by atomic mass is 10.1. The Morgan fingerprint density at radius 2 is 1.95 bits per heavy atom. The number of aromatic nitrogens is 2. The van der Waals surface area contributed by atoms with E-state index in [9.17, 15) is 0 Å². The van der Waals surface area contributed by atoms with Crippen LogP contribution in [-0.2, 0) is 13.0 Å². The summed E-state index contributed by atoms with van der Waals surface area (Å²) in [7, 11) is 0. The van der Waals surface area contributed by atoms with Crippen molar-refractivity contribution >= 4 is 0 Å². The zero-order chi connectivity index (χ0) is 13.7. The smallest absolute Gasteiger partial charge is 0.120 e. The molecule has 0 aliphatic rings. The second-order valence-corrected chi connectivity index (χ2v) is 5.32. The third-order valence-corrected chi connectivity index (χ3v) is 3.15. The van der Waals surface area contributed by atoms with E-state index in [1.807, 2.05) is 6.20 Å². The van der Waals surface area contributed by atoms with E-state index in [0.29, 0.717) is 5.92 Å². The molecule has 1 aromatic carbocycles. The summed E-state index contributed by atoms with van der Waals surface area (Å²) in [5.74, 6) is 1.66. The fraction of sp³-hybridized carbons (Fsp3) is 0.438. The van der Waals surface area contributed by atoms with E-state index in [2.05, 4.69) is 60.3 Å². The molecule has 0 fully saturated rings. The van der Waals surface area contributed by atoms with Gasteiger partial charge in [-0.25, -0.2) is 4.98 Å². The van der Waals surface area contributed by atoms with Crippen LogP contribution in [0.1, 0.15) is 32.2 Å². The number of nitrogens with one attached hydrogen (secondary N) is 2. The highest BCUT2D eigenvalue weighted by Gasteiger charge is 2.03. The Labute approximate surface area is 115 Å². The first-order valence-electron chi connectivity index (χ1n) is 7.03. The highest BCUT2D eigenvalue weighted by atomic mass is 15.0. The quantitative estimate of drug-likeness (QED) is 0.833. The number of benzene rings is 1. The van der Waals surface area contributed by atoms with Gasteiger partial charge < -0.3 is 10.3 Å². The molecule has 2 rings (SSSR count). The highest BCUT2D eigenvalue weighted by Crippen LogP contribution is 2.17. The van der Waals surface area contributed by atoms with Crippen molar-refractivity contribution in [1.82, 2.24) is 15.3 Å². The van der Waals surface area contributed by atoms with Crippen LogP contribution in [-0.4, -0.2) is 16.5 Å². The number of nitrogens with zero attached hydrogens (tertiary/aromatic N) is 1. The minimum absolute atomic E-state index is 0.663. The monoisotopic (exact) mass is 257 g/mol. The van der Waals surface area contributed by atoms with E-state index < -0.39 is 0 Å². The molecule has 2 N–H and O–H groups in total. The van der Waals surface area contributed by atoms with Crippen molar-refractivity contribution < 1.29 is 0 Å². The van der Waals surface area contributed by atoms with Crippen LogP contribution in [0.15, 0.2) is 30.5 Å². The zero-order valence-electron chi connectivity index (χ0n) is 12.0. The van der Waals surface area contributed by atoms with Crippen molar-refractivity contribution in [2.75, 3.05) is 6.54 Å². The third-order valence-electron chi connectivity index (χ3n) is 3.15. The highest BCUT2D eigenvalue weighted by molar-refractivity contribution is 5.58. The van der Waals surface area contributed by atoms with Crippen molar-refractivity contribution in [3.63, 3.8) is 0 Å². The SMILES string of the molecule is CCc1ccc(-c2cnc(CNCC(C)C)[nH]2)cc1. The van der Waals surface area contributed by atoms with Gasteiger partial charge >= 0.3 is 0 Å². The maximum absolute atomic E-state index is 4.41. The molecule has 0 unspecified atom stereocenters. The van der Waals surface area contributed by atoms with Gasteiger partial charge in [-0.3, -0.25) is 0 Å². The molecule has 19 heavy (non-hydrogen) atoms. The van der Waals surface area contributed by atoms with Gasteiger partial charge in [-0.05, 0) is 30.0 Å². The molecule has 1 aromatic heterocycles. The second kappa shape index (κ2) is 6.53. The van der Waals surface area contributed by atoms with E-state index in [1.54, 1.807) is 0 Å². The second-order valence-electron chi connectivity index (χ2n) is 5.32. The molecule has 0 saturated carbocycles. The number of H-pyrrole nitrogens is 1. The Morgan fingerprint density at radius 3 is 2.58 bits per heavy atom. The Hall–Kier alpha value is -1.61. The van der Waals surface area contributed by atoms with Gasteiger partial charge in [0, 0.05) is 0 Å². The van der Waals surface area contributed by atoms with Gasteiger partial charge in [-0.1, -0.05) is 45.0 Å². The van der Waals surface area contributed by atoms with E-state index in [1.165, 1.54) is 11.1 Å². The van der Waals surface area contributed by atoms with Crippen LogP contribution in [0.2, 0.25) is 0 Å². The van der Waals surface area contributed by atoms with Gasteiger partial charge in [0.1, 0.15) is 5.82 Å². The van der Waals surface area contributed by atoms with Crippen molar-refractivity contribution in [3.8, 4) is 11.3 Å². The van der Waals surface area contributed by atoms with Crippen LogP contribution < -0.4 is 5.32 Å². The number of imidazole rings is 1. The molecule has 0 radical (unpaired) electrons. The molecule has 0 saturated heterocycles. The molecule has 3 nitrogen and oxygen atoms in total. The fourth-order valence-electron chi connectivity index (χ4n) is 2.00. The molecule has 0 spiro atoms. The number of hydrogen-bond acceptors (Lipinski definition) is 2. The Morgan fingerprint density at radius 1 is 1.21 bits per heavy atom. The van der Waals surface area contributed by atoms with Crippen LogP contribution in [0.5, 0.6) is 0 Å². The van der Waals surface area contributed by atoms with Crippen LogP contribution in [0.3, 0.4) is 0 Å². The van der Waals surface area contributed by atoms with Crippen molar-refractivity contribution in [2.24, 2.45) is 5.92 Å². The molecule has 0 atom stereocenters. The lowest BCUT2D eigenvalue weighted by Gasteiger charge is -2.05. The molecule has 1 heterocycles. The summed E-state index contributed by atoms with van der Waals surface area (Å²) in [6.07, 6.45) is 2.99. The first kappa shape index (κ1) is 13.8. The van der Waals surface area contributed by atoms with Gasteiger partial charge in [0.25, 0.3) is 0 Å². The van der Waals surface area contributed by atoms with E-state index in [0.717, 1.165) is 31.0 Å². The average Bonchev–Trinajstić information content (AvgIpc) is 2.87. The Bertz CT molecular complexity index is 497. The molecule has 0 aliphatic heterocycles. The van der Waals surface area contributed by atoms with E-state index >= 15 is 0 Å². The molecular weight excluding hydrogens is 234 g/mol. The average molecular weight is 257 g/mol. The zero-order valence-corrected chi connectivity index (χ0v) is 12.0. The summed E-state index contributed by atoms with van der Waals surface area (Å²) < 4.78 is 0. The summed E-state index contributed by atoms with van der Waals surface area (Å²) in [6, 6.07) is 8.65. The minimum Gasteiger partial charge on any atom is -0.341 e. The van der Waals surface area contributed by atoms with Crippen molar-refractivity contribution in [2.45, 2.75) is 33.7 Å². The van der Waals surface area contributed by atoms with Crippen LogP contribution in [0.4, 0.5) is 0 Å². The minimum atomic E-state index is 0.663. The van der Waals surface area contributed by atoms with Gasteiger partial charge in [-0.15, -0.1) is 0 Å². The van der Waals surface area contributed by atoms with Gasteiger partial charge in [0.2, 0.25) is 0 Å². The normalized spacial score (nSPS) is 11.2. The van der Waals surface area contributed by atoms with Crippen molar-refractivity contribution in [1.29, 1.82) is 0 Å². The molecular formula is C16H23N3. The van der Waals surface area contributed by atoms with Gasteiger partial charge in [0.15, 0.2) is 0 Å². The van der Waals surface area contributed by atoms with E-state index in [4.69, 9.17) is 0 Å². The van der Waals surface area contributed by atoms with Crippen molar-refractivity contribution in [3.05, 3.63) is 41.9 Å². The molecule has 0 amide bonds. The molecule has 3 heteroatoms. The number of rotatable bonds is 6. The predicted octanol–water partition coefficient (Wildman–Crippen LogP) is 3.38. The predicted molar refractivity (Wildman–Crippen MR) is 79.9 cm³/mol. The molecule has 2 aromatic rings. The van der Waals surface area contributed by atoms with Crippen LogP contribution in [0.25, 0.3) is 11.3 Å². The summed E-state index contributed by atoms with van der Waals surface area (Å²) >= 11 is 0. The summed E-state index contributed by atoms with van der Waals surface area (Å²) in [6.45, 7) is 8.39. The third kappa shape index (κ3) is 3.93. The largest absolute Gasteiger partial charge is 0.341 e. The molecule has 102 valence electrons. The first-order valence-corrected chi connectivity index (χ1v) is 7.03. The topological polar surface area (TPSA) is 40.7 Å². The molecule has 0 aliphatic carbocycles. The summed E-state index contributed by atoms with van der Waals surface area (Å²) in [5, 5.41) is 3.39. The number of aryl methyl sites for hydroxylation is 1. The number of hydrogen-bond donors (Lipinski definition) is 2. The van der Waals surface area contributed by atoms with Crippen LogP contribution >= 0.6 is 0 Å².